The van der Waals surface area contributed by atoms with E-state index in [2.05, 4.69) is 15.4 Å². The highest BCUT2D eigenvalue weighted by Gasteiger charge is 2.34. The summed E-state index contributed by atoms with van der Waals surface area (Å²) in [6, 6.07) is 3.73. The van der Waals surface area contributed by atoms with Crippen LogP contribution in [0.15, 0.2) is 18.2 Å². The number of hydrogen-bond donors (Lipinski definition) is 0. The topological polar surface area (TPSA) is 131 Å². The molecular formula is C17H14F2N6O4S. The average molecular weight is 436 g/mol. The maximum Gasteiger partial charge on any atom is 0.414 e. The van der Waals surface area contributed by atoms with Gasteiger partial charge in [-0.2, -0.15) is 10.1 Å². The Bertz CT molecular complexity index is 1180. The second-order valence-electron chi connectivity index (χ2n) is 6.77. The molecule has 4 rings (SSSR count). The number of carbonyl (C=O) groups is 1. The monoisotopic (exact) mass is 436 g/mol. The fourth-order valence-electron chi connectivity index (χ4n) is 3.30. The number of anilines is 1. The van der Waals surface area contributed by atoms with Crippen LogP contribution in [0.2, 0.25) is 0 Å². The van der Waals surface area contributed by atoms with Gasteiger partial charge in [-0.25, -0.2) is 22.0 Å². The summed E-state index contributed by atoms with van der Waals surface area (Å²) in [5, 5.41) is 19.6. The summed E-state index contributed by atoms with van der Waals surface area (Å²) in [7, 11) is -3.24. The van der Waals surface area contributed by atoms with Crippen LogP contribution in [-0.2, 0) is 21.1 Å². The van der Waals surface area contributed by atoms with Gasteiger partial charge in [0.25, 0.3) is 5.82 Å². The molecule has 30 heavy (non-hydrogen) atoms. The Labute approximate surface area is 169 Å². The van der Waals surface area contributed by atoms with Gasteiger partial charge in [0.2, 0.25) is 0 Å². The van der Waals surface area contributed by atoms with Gasteiger partial charge >= 0.3 is 6.09 Å². The largest absolute Gasteiger partial charge is 0.442 e. The van der Waals surface area contributed by atoms with Crippen molar-refractivity contribution in [3.8, 4) is 6.07 Å². The molecule has 3 heterocycles. The highest BCUT2D eigenvalue weighted by Crippen LogP contribution is 2.32. The lowest BCUT2D eigenvalue weighted by Gasteiger charge is -2.18. The van der Waals surface area contributed by atoms with Crippen LogP contribution < -0.4 is 4.90 Å². The molecule has 0 bridgehead atoms. The molecule has 2 aromatic rings. The van der Waals surface area contributed by atoms with Crippen LogP contribution in [0, 0.1) is 23.0 Å². The first-order valence-corrected chi connectivity index (χ1v) is 10.6. The van der Waals surface area contributed by atoms with E-state index in [0.717, 1.165) is 21.8 Å². The molecule has 0 spiro atoms. The quantitative estimate of drug-likeness (QED) is 0.695. The third kappa shape index (κ3) is 3.86. The molecule has 1 aromatic carbocycles. The van der Waals surface area contributed by atoms with Gasteiger partial charge in [-0.3, -0.25) is 4.90 Å². The molecule has 0 aliphatic carbocycles. The van der Waals surface area contributed by atoms with Crippen LogP contribution >= 0.6 is 0 Å². The van der Waals surface area contributed by atoms with E-state index >= 15 is 0 Å². The molecule has 1 atom stereocenters. The number of rotatable bonds is 4. The smallest absolute Gasteiger partial charge is 0.414 e. The number of nitriles is 1. The van der Waals surface area contributed by atoms with Crippen molar-refractivity contribution >= 4 is 27.2 Å². The van der Waals surface area contributed by atoms with Crippen LogP contribution in [0.1, 0.15) is 17.8 Å². The van der Waals surface area contributed by atoms with Crippen molar-refractivity contribution in [2.45, 2.75) is 19.1 Å². The number of halogens is 2. The van der Waals surface area contributed by atoms with Crippen molar-refractivity contribution in [2.75, 3.05) is 23.0 Å². The van der Waals surface area contributed by atoms with Crippen LogP contribution in [0.5, 0.6) is 0 Å². The first kappa shape index (κ1) is 19.9. The van der Waals surface area contributed by atoms with Crippen molar-refractivity contribution in [3.05, 3.63) is 41.2 Å². The minimum absolute atomic E-state index is 0.0125. The summed E-state index contributed by atoms with van der Waals surface area (Å²) >= 11 is 0. The third-order valence-electron chi connectivity index (χ3n) is 4.72. The van der Waals surface area contributed by atoms with E-state index in [1.807, 2.05) is 0 Å². The normalized spacial score (nSPS) is 20.6. The summed E-state index contributed by atoms with van der Waals surface area (Å²) < 4.78 is 57.6. The fourth-order valence-corrected chi connectivity index (χ4v) is 4.46. The summed E-state index contributed by atoms with van der Waals surface area (Å²) in [6.45, 7) is 0.00273. The first-order chi connectivity index (χ1) is 14.3. The van der Waals surface area contributed by atoms with Crippen LogP contribution in [0.4, 0.5) is 19.3 Å². The second-order valence-corrected chi connectivity index (χ2v) is 9.00. The van der Waals surface area contributed by atoms with Crippen molar-refractivity contribution in [1.29, 1.82) is 5.26 Å². The molecule has 10 nitrogen and oxygen atoms in total. The number of allylic oxidation sites excluding steroid dienone is 1. The molecular weight excluding hydrogens is 422 g/mol. The standard InChI is InChI=1S/C17H14F2N6O4S/c18-13-5-11(6-14(19)16(13)10-1-3-30(27,28)4-2-10)24-8-12(29-17(24)26)9-25-22-15(7-20)21-23-25/h1,5-6,12H,2-4,8-9H2. The van der Waals surface area contributed by atoms with Gasteiger partial charge < -0.3 is 4.74 Å². The Morgan fingerprint density at radius 1 is 1.30 bits per heavy atom. The van der Waals surface area contributed by atoms with Gasteiger partial charge in [0.1, 0.15) is 30.4 Å². The number of nitrogens with zero attached hydrogens (tertiary/aromatic N) is 6. The maximum atomic E-state index is 14.7. The molecule has 2 aliphatic heterocycles. The van der Waals surface area contributed by atoms with Crippen molar-refractivity contribution in [1.82, 2.24) is 20.2 Å². The summed E-state index contributed by atoms with van der Waals surface area (Å²) in [4.78, 5) is 14.3. The van der Waals surface area contributed by atoms with E-state index in [4.69, 9.17) is 10.00 Å². The van der Waals surface area contributed by atoms with Crippen molar-refractivity contribution < 1.29 is 26.7 Å². The molecule has 13 heteroatoms. The number of hydrogen-bond acceptors (Lipinski definition) is 8. The highest BCUT2D eigenvalue weighted by atomic mass is 32.2. The number of tetrazole rings is 1. The minimum Gasteiger partial charge on any atom is -0.442 e. The lowest BCUT2D eigenvalue weighted by Crippen LogP contribution is -2.27. The van der Waals surface area contributed by atoms with Gasteiger partial charge in [0.15, 0.2) is 9.84 Å². The number of sulfone groups is 1. The minimum atomic E-state index is -3.24. The second kappa shape index (κ2) is 7.45. The molecule has 1 amide bonds. The Morgan fingerprint density at radius 3 is 2.63 bits per heavy atom. The molecule has 0 N–H and O–H groups in total. The fraction of sp³-hybridized carbons (Fsp3) is 0.353. The Balaban J connectivity index is 1.54. The number of carbonyl (C=O) groups excluding carboxylic acids is 1. The molecule has 0 saturated carbocycles. The van der Waals surface area contributed by atoms with Crippen LogP contribution in [0.25, 0.3) is 5.57 Å². The molecule has 1 aromatic heterocycles. The Kier molecular flexibility index (Phi) is 4.94. The van der Waals surface area contributed by atoms with Crippen LogP contribution in [0.3, 0.4) is 0 Å². The van der Waals surface area contributed by atoms with E-state index in [0.29, 0.717) is 0 Å². The lowest BCUT2D eigenvalue weighted by atomic mass is 10.0. The lowest BCUT2D eigenvalue weighted by molar-refractivity contribution is 0.126. The van der Waals surface area contributed by atoms with Gasteiger partial charge in [-0.15, -0.1) is 5.10 Å². The molecule has 1 saturated heterocycles. The van der Waals surface area contributed by atoms with Gasteiger partial charge in [0.05, 0.1) is 23.7 Å². The van der Waals surface area contributed by atoms with Gasteiger partial charge in [0, 0.05) is 5.56 Å². The van der Waals surface area contributed by atoms with E-state index < -0.39 is 33.7 Å². The van der Waals surface area contributed by atoms with Gasteiger partial charge in [-0.1, -0.05) is 11.2 Å². The Hall–Kier alpha value is -3.40. The number of ether oxygens (including phenoxy) is 1. The SMILES string of the molecule is N#Cc1nnn(CC2CN(c3cc(F)c(C4=CCS(=O)(=O)CC4)c(F)c3)C(=O)O2)n1. The van der Waals surface area contributed by atoms with Crippen LogP contribution in [-0.4, -0.2) is 58.9 Å². The van der Waals surface area contributed by atoms with E-state index in [1.54, 1.807) is 6.07 Å². The summed E-state index contributed by atoms with van der Waals surface area (Å²) in [6.07, 6.45) is -0.190. The van der Waals surface area contributed by atoms with E-state index in [-0.39, 0.29) is 53.7 Å². The summed E-state index contributed by atoms with van der Waals surface area (Å²) in [5.74, 6) is -2.39. The molecule has 156 valence electrons. The predicted octanol–water partition coefficient (Wildman–Crippen LogP) is 1.05. The summed E-state index contributed by atoms with van der Waals surface area (Å²) in [5.41, 5.74) is -0.0537. The van der Waals surface area contributed by atoms with Crippen molar-refractivity contribution in [3.63, 3.8) is 0 Å². The van der Waals surface area contributed by atoms with E-state index in [1.165, 1.54) is 6.08 Å². The molecule has 1 fully saturated rings. The number of amides is 1. The third-order valence-corrected chi connectivity index (χ3v) is 6.22. The number of cyclic esters (lactones) is 1. The van der Waals surface area contributed by atoms with E-state index in [9.17, 15) is 22.0 Å². The molecule has 2 aliphatic rings. The predicted molar refractivity (Wildman–Crippen MR) is 97.8 cm³/mol. The number of benzene rings is 1. The zero-order valence-corrected chi connectivity index (χ0v) is 16.1. The Morgan fingerprint density at radius 2 is 2.03 bits per heavy atom. The molecule has 0 radical (unpaired) electrons. The number of aromatic nitrogens is 4. The maximum absolute atomic E-state index is 14.7. The molecule has 1 unspecified atom stereocenters. The van der Waals surface area contributed by atoms with Gasteiger partial charge in [-0.05, 0) is 29.3 Å². The highest BCUT2D eigenvalue weighted by molar-refractivity contribution is 7.91. The van der Waals surface area contributed by atoms with Crippen molar-refractivity contribution in [2.24, 2.45) is 0 Å². The zero-order chi connectivity index (χ0) is 21.5. The first-order valence-electron chi connectivity index (χ1n) is 8.80. The zero-order valence-electron chi connectivity index (χ0n) is 15.3. The average Bonchev–Trinajstić information content (AvgIpc) is 3.28.